The first-order chi connectivity index (χ1) is 13.7. The van der Waals surface area contributed by atoms with Crippen molar-refractivity contribution in [3.05, 3.63) is 12.5 Å². The Morgan fingerprint density at radius 3 is 2.79 bits per heavy atom. The third-order valence-electron chi connectivity index (χ3n) is 3.99. The molecule has 1 aliphatic carbocycles. The molecule has 13 heteroatoms. The Hall–Kier alpha value is -2.27. The molecule has 3 rings (SSSR count). The van der Waals surface area contributed by atoms with Gasteiger partial charge in [0, 0.05) is 6.66 Å². The molecule has 29 heavy (non-hydrogen) atoms. The molecule has 2 heterocycles. The number of carbonyl (C=O) groups is 1. The van der Waals surface area contributed by atoms with Crippen molar-refractivity contribution in [1.82, 2.24) is 19.5 Å². The highest BCUT2D eigenvalue weighted by Crippen LogP contribution is 2.50. The van der Waals surface area contributed by atoms with Crippen LogP contribution in [0.1, 0.15) is 26.7 Å². The number of rotatable bonds is 10. The maximum atomic E-state index is 12.3. The van der Waals surface area contributed by atoms with Gasteiger partial charge in [-0.05, 0) is 18.8 Å². The Labute approximate surface area is 167 Å². The van der Waals surface area contributed by atoms with Gasteiger partial charge < -0.3 is 19.8 Å². The van der Waals surface area contributed by atoms with Crippen LogP contribution in [-0.2, 0) is 34.7 Å². The van der Waals surface area contributed by atoms with E-state index in [1.165, 1.54) is 12.9 Å². The number of aromatic nitrogens is 4. The Morgan fingerprint density at radius 2 is 2.10 bits per heavy atom. The van der Waals surface area contributed by atoms with Crippen molar-refractivity contribution in [2.45, 2.75) is 38.8 Å². The third kappa shape index (κ3) is 6.10. The molecule has 0 saturated heterocycles. The molecule has 2 N–H and O–H groups in total. The first kappa shape index (κ1) is 21.4. The van der Waals surface area contributed by atoms with Crippen LogP contribution in [0, 0.1) is 5.92 Å². The zero-order chi connectivity index (χ0) is 21.1. The van der Waals surface area contributed by atoms with Crippen LogP contribution in [0.15, 0.2) is 12.5 Å². The summed E-state index contributed by atoms with van der Waals surface area (Å²) in [6.45, 7) is 4.99. The summed E-state index contributed by atoms with van der Waals surface area (Å²) in [4.78, 5) is 29.0. The molecule has 1 saturated carbocycles. The van der Waals surface area contributed by atoms with E-state index in [1.807, 2.05) is 13.8 Å². The van der Waals surface area contributed by atoms with E-state index in [9.17, 15) is 9.36 Å². The molecule has 1 unspecified atom stereocenters. The third-order valence-corrected chi connectivity index (χ3v) is 4.91. The van der Waals surface area contributed by atoms with Crippen molar-refractivity contribution in [2.24, 2.45) is 5.92 Å². The lowest BCUT2D eigenvalue weighted by Crippen LogP contribution is -2.22. The average molecular weight is 429 g/mol. The van der Waals surface area contributed by atoms with Gasteiger partial charge in [-0.15, -0.1) is 4.67 Å². The van der Waals surface area contributed by atoms with Crippen LogP contribution in [0.4, 0.5) is 10.7 Å². The molecule has 0 bridgehead atoms. The van der Waals surface area contributed by atoms with Gasteiger partial charge in [0.15, 0.2) is 5.65 Å². The highest BCUT2D eigenvalue weighted by Gasteiger charge is 2.48. The van der Waals surface area contributed by atoms with E-state index < -0.39 is 26.1 Å². The molecule has 12 nitrogen and oxygen atoms in total. The van der Waals surface area contributed by atoms with Crippen molar-refractivity contribution < 1.29 is 32.9 Å². The van der Waals surface area contributed by atoms with Gasteiger partial charge in [-0.1, -0.05) is 13.8 Å². The minimum Gasteiger partial charge on any atom is -0.434 e. The quantitative estimate of drug-likeness (QED) is 0.195. The molecule has 1 atom stereocenters. The van der Waals surface area contributed by atoms with Crippen molar-refractivity contribution in [2.75, 3.05) is 25.8 Å². The molecule has 0 aliphatic heterocycles. The fourth-order valence-electron chi connectivity index (χ4n) is 2.32. The zero-order valence-electron chi connectivity index (χ0n) is 16.4. The number of anilines is 1. The topological polar surface area (TPSA) is 150 Å². The number of nitrogens with zero attached hydrogens (tertiary/aromatic N) is 4. The maximum Gasteiger partial charge on any atom is 0.510 e. The normalized spacial score (nSPS) is 17.2. The minimum absolute atomic E-state index is 0.139. The van der Waals surface area contributed by atoms with Crippen molar-refractivity contribution in [3.8, 4) is 0 Å². The second-order valence-electron chi connectivity index (χ2n) is 7.27. The molecule has 2 aromatic heterocycles. The Bertz CT molecular complexity index is 914. The molecule has 1 aliphatic rings. The maximum absolute atomic E-state index is 12.3. The van der Waals surface area contributed by atoms with E-state index in [0.717, 1.165) is 0 Å². The molecule has 2 aromatic rings. The highest BCUT2D eigenvalue weighted by molar-refractivity contribution is 7.52. The molecule has 160 valence electrons. The molecule has 1 fully saturated rings. The fourth-order valence-corrected chi connectivity index (χ4v) is 2.90. The zero-order valence-corrected chi connectivity index (χ0v) is 17.3. The van der Waals surface area contributed by atoms with E-state index in [0.29, 0.717) is 30.6 Å². The molecule has 0 radical (unpaired) electrons. The lowest BCUT2D eigenvalue weighted by Gasteiger charge is -2.19. The van der Waals surface area contributed by atoms with E-state index >= 15 is 0 Å². The summed E-state index contributed by atoms with van der Waals surface area (Å²) in [6, 6.07) is 0. The highest BCUT2D eigenvalue weighted by atomic mass is 31.2. The molecular formula is C16H24N5O7P. The van der Waals surface area contributed by atoms with Gasteiger partial charge in [-0.3, -0.25) is 9.09 Å². The van der Waals surface area contributed by atoms with Gasteiger partial charge >= 0.3 is 13.8 Å². The van der Waals surface area contributed by atoms with Crippen LogP contribution in [0.25, 0.3) is 11.2 Å². The predicted octanol–water partition coefficient (Wildman–Crippen LogP) is 2.50. The van der Waals surface area contributed by atoms with Crippen LogP contribution >= 0.6 is 7.60 Å². The van der Waals surface area contributed by atoms with Crippen molar-refractivity contribution >= 4 is 30.9 Å². The summed E-state index contributed by atoms with van der Waals surface area (Å²) in [5, 5.41) is 0. The Balaban J connectivity index is 1.47. The monoisotopic (exact) mass is 429 g/mol. The van der Waals surface area contributed by atoms with Crippen LogP contribution in [0.2, 0.25) is 0 Å². The van der Waals surface area contributed by atoms with Crippen LogP contribution in [-0.4, -0.2) is 51.3 Å². The molecular weight excluding hydrogens is 405 g/mol. The van der Waals surface area contributed by atoms with Gasteiger partial charge in [-0.2, -0.15) is 4.98 Å². The average Bonchev–Trinajstić information content (AvgIpc) is 3.32. The molecule has 0 amide bonds. The van der Waals surface area contributed by atoms with Crippen LogP contribution < -0.4 is 5.73 Å². The van der Waals surface area contributed by atoms with Gasteiger partial charge in [-0.25, -0.2) is 19.7 Å². The van der Waals surface area contributed by atoms with Crippen molar-refractivity contribution in [3.63, 3.8) is 0 Å². The van der Waals surface area contributed by atoms with Crippen molar-refractivity contribution in [1.29, 1.82) is 0 Å². The van der Waals surface area contributed by atoms with Crippen LogP contribution in [0.3, 0.4) is 0 Å². The van der Waals surface area contributed by atoms with Gasteiger partial charge in [0.2, 0.25) is 12.7 Å². The second kappa shape index (κ2) is 8.62. The predicted molar refractivity (Wildman–Crippen MR) is 101 cm³/mol. The van der Waals surface area contributed by atoms with E-state index in [4.69, 9.17) is 29.3 Å². The number of imidazole rings is 1. The van der Waals surface area contributed by atoms with E-state index in [-0.39, 0.29) is 18.5 Å². The lowest BCUT2D eigenvalue weighted by atomic mass is 10.2. The molecule has 0 spiro atoms. The first-order valence-electron chi connectivity index (χ1n) is 9.00. The lowest BCUT2D eigenvalue weighted by molar-refractivity contribution is -0.268. The number of carbonyl (C=O) groups excluding carboxylic acids is 1. The largest absolute Gasteiger partial charge is 0.510 e. The second-order valence-corrected chi connectivity index (χ2v) is 9.22. The van der Waals surface area contributed by atoms with Crippen LogP contribution in [0.5, 0.6) is 0 Å². The summed E-state index contributed by atoms with van der Waals surface area (Å²) in [7, 11) is -3.61. The van der Waals surface area contributed by atoms with Gasteiger partial charge in [0.05, 0.1) is 25.7 Å². The first-order valence-corrected chi connectivity index (χ1v) is 11.0. The number of nitrogens with two attached hydrogens (primary N) is 1. The summed E-state index contributed by atoms with van der Waals surface area (Å²) in [5.41, 5.74) is 6.12. The fraction of sp³-hybridized carbons (Fsp3) is 0.625. The number of nitrogen functional groups attached to an aromatic ring is 1. The smallest absolute Gasteiger partial charge is 0.434 e. The van der Waals surface area contributed by atoms with E-state index in [1.54, 1.807) is 10.9 Å². The number of ether oxygens (including phenoxy) is 2. The number of hydrogen-bond acceptors (Lipinski definition) is 11. The minimum atomic E-state index is -3.61. The number of fused-ring (bicyclic) bond motifs is 1. The standard InChI is InChI=1S/C16H24N5O7P/c1-11(2)7-24-15(22)25-10-26-29(3,23)28-27-16(4-5-16)8-21-9-19-12-6-18-14(17)20-13(12)21/h6,9,11H,4-5,7-8,10H2,1-3H3,(H2,17,18,20). The summed E-state index contributed by atoms with van der Waals surface area (Å²) in [5.74, 6) is 0.308. The van der Waals surface area contributed by atoms with E-state index in [2.05, 4.69) is 15.0 Å². The van der Waals surface area contributed by atoms with Gasteiger partial charge in [0.25, 0.3) is 0 Å². The summed E-state index contributed by atoms with van der Waals surface area (Å²) < 4.78 is 33.6. The SMILES string of the molecule is CC(C)COC(=O)OCOP(C)(=O)OOC1(Cn2cnc3cnc(N)nc32)CC1. The summed E-state index contributed by atoms with van der Waals surface area (Å²) in [6.07, 6.45) is 3.59. The number of hydrogen-bond donors (Lipinski definition) is 1. The summed E-state index contributed by atoms with van der Waals surface area (Å²) >= 11 is 0. The Kier molecular flexibility index (Phi) is 6.37. The molecule has 0 aromatic carbocycles. The van der Waals surface area contributed by atoms with Gasteiger partial charge in [0.1, 0.15) is 11.1 Å². The Morgan fingerprint density at radius 1 is 1.34 bits per heavy atom.